The van der Waals surface area contributed by atoms with Crippen LogP contribution in [0.2, 0.25) is 0 Å². The van der Waals surface area contributed by atoms with Gasteiger partial charge in [-0.3, -0.25) is 0 Å². The zero-order chi connectivity index (χ0) is 15.3. The highest BCUT2D eigenvalue weighted by Gasteiger charge is 2.23. The Morgan fingerprint density at radius 2 is 1.65 bits per heavy atom. The first-order chi connectivity index (χ1) is 9.49. The van der Waals surface area contributed by atoms with E-state index in [9.17, 15) is 4.39 Å². The van der Waals surface area contributed by atoms with Gasteiger partial charge in [-0.1, -0.05) is 19.9 Å². The summed E-state index contributed by atoms with van der Waals surface area (Å²) < 4.78 is 14.1. The highest BCUT2D eigenvalue weighted by Crippen LogP contribution is 2.28. The van der Waals surface area contributed by atoms with Gasteiger partial charge >= 0.3 is 0 Å². The van der Waals surface area contributed by atoms with Crippen LogP contribution in [-0.2, 0) is 0 Å². The zero-order valence-corrected chi connectivity index (χ0v) is 13.8. The van der Waals surface area contributed by atoms with E-state index in [1.807, 2.05) is 27.7 Å². The molecule has 0 radical (unpaired) electrons. The van der Waals surface area contributed by atoms with Crippen molar-refractivity contribution in [1.29, 1.82) is 0 Å². The summed E-state index contributed by atoms with van der Waals surface area (Å²) in [5.74, 6) is -0.0733. The molecule has 0 saturated carbocycles. The molecule has 0 bridgehead atoms. The van der Waals surface area contributed by atoms with E-state index < -0.39 is 0 Å². The summed E-state index contributed by atoms with van der Waals surface area (Å²) in [6.07, 6.45) is 2.22. The van der Waals surface area contributed by atoms with Gasteiger partial charge in [0.05, 0.1) is 5.69 Å². The van der Waals surface area contributed by atoms with E-state index in [2.05, 4.69) is 30.0 Å². The molecule has 114 valence electrons. The number of halogens is 1. The Morgan fingerprint density at radius 1 is 1.10 bits per heavy atom. The molecule has 0 atom stereocenters. The monoisotopic (exact) mass is 280 g/mol. The molecule has 1 aromatic rings. The van der Waals surface area contributed by atoms with Crippen LogP contribution in [0.4, 0.5) is 10.1 Å². The van der Waals surface area contributed by atoms with Crippen molar-refractivity contribution >= 4 is 5.69 Å². The number of hydrogen-bond donors (Lipinski definition) is 0. The van der Waals surface area contributed by atoms with Gasteiger partial charge in [0.2, 0.25) is 0 Å². The van der Waals surface area contributed by atoms with Gasteiger partial charge in [0.25, 0.3) is 0 Å². The average Bonchev–Trinajstić information content (AvgIpc) is 2.40. The van der Waals surface area contributed by atoms with Gasteiger partial charge in [0.15, 0.2) is 0 Å². The van der Waals surface area contributed by atoms with Crippen LogP contribution in [0.5, 0.6) is 0 Å². The molecular formula is C17H29FN2. The van der Waals surface area contributed by atoms with Crippen molar-refractivity contribution in [3.05, 3.63) is 29.1 Å². The third-order valence-electron chi connectivity index (χ3n) is 3.91. The fourth-order valence-corrected chi connectivity index (χ4v) is 2.91. The first-order valence-corrected chi connectivity index (χ1v) is 7.67. The van der Waals surface area contributed by atoms with E-state index in [1.165, 1.54) is 0 Å². The van der Waals surface area contributed by atoms with Crippen LogP contribution in [0.3, 0.4) is 0 Å². The van der Waals surface area contributed by atoms with Crippen molar-refractivity contribution in [3.8, 4) is 0 Å². The summed E-state index contributed by atoms with van der Waals surface area (Å²) in [6, 6.07) is 4.34. The molecule has 0 N–H and O–H groups in total. The maximum Gasteiger partial charge on any atom is 0.147 e. The molecule has 1 saturated heterocycles. The van der Waals surface area contributed by atoms with Gasteiger partial charge < -0.3 is 9.80 Å². The van der Waals surface area contributed by atoms with E-state index >= 15 is 0 Å². The lowest BCUT2D eigenvalue weighted by Gasteiger charge is -2.37. The third-order valence-corrected chi connectivity index (χ3v) is 3.91. The minimum absolute atomic E-state index is 0.0733. The second kappa shape index (κ2) is 7.63. The topological polar surface area (TPSA) is 6.48 Å². The van der Waals surface area contributed by atoms with Crippen LogP contribution in [-0.4, -0.2) is 38.1 Å². The predicted molar refractivity (Wildman–Crippen MR) is 86.1 cm³/mol. The highest BCUT2D eigenvalue weighted by molar-refractivity contribution is 5.56. The summed E-state index contributed by atoms with van der Waals surface area (Å²) in [7, 11) is 4.25. The van der Waals surface area contributed by atoms with Crippen LogP contribution in [0, 0.1) is 19.7 Å². The van der Waals surface area contributed by atoms with Gasteiger partial charge in [-0.2, -0.15) is 0 Å². The van der Waals surface area contributed by atoms with Gasteiger partial charge in [-0.25, -0.2) is 4.39 Å². The summed E-state index contributed by atoms with van der Waals surface area (Å²) in [4.78, 5) is 4.47. The van der Waals surface area contributed by atoms with Gasteiger partial charge in [0, 0.05) is 19.1 Å². The van der Waals surface area contributed by atoms with E-state index in [4.69, 9.17) is 0 Å². The third kappa shape index (κ3) is 3.95. The largest absolute Gasteiger partial charge is 0.369 e. The molecule has 0 unspecified atom stereocenters. The fraction of sp³-hybridized carbons (Fsp3) is 0.647. The summed E-state index contributed by atoms with van der Waals surface area (Å²) in [5.41, 5.74) is 2.85. The minimum Gasteiger partial charge on any atom is -0.369 e. The molecule has 20 heavy (non-hydrogen) atoms. The second-order valence-corrected chi connectivity index (χ2v) is 5.59. The summed E-state index contributed by atoms with van der Waals surface area (Å²) in [6.45, 7) is 9.84. The molecule has 1 fully saturated rings. The van der Waals surface area contributed by atoms with E-state index in [-0.39, 0.29) is 5.82 Å². The molecule has 0 aliphatic carbocycles. The molecule has 1 aliphatic heterocycles. The Hall–Kier alpha value is -1.09. The molecule has 0 spiro atoms. The van der Waals surface area contributed by atoms with Crippen LogP contribution < -0.4 is 4.90 Å². The molecule has 1 heterocycles. The Morgan fingerprint density at radius 3 is 2.10 bits per heavy atom. The maximum absolute atomic E-state index is 14.1. The first-order valence-electron chi connectivity index (χ1n) is 7.67. The molecule has 2 nitrogen and oxygen atoms in total. The molecule has 1 aliphatic rings. The van der Waals surface area contributed by atoms with E-state index in [0.29, 0.717) is 6.04 Å². The van der Waals surface area contributed by atoms with Crippen molar-refractivity contribution in [1.82, 2.24) is 4.90 Å². The SMILES string of the molecule is CC.Cc1cc(C)c(N2CCC(N(C)C)CC2)c(F)c1. The lowest BCUT2D eigenvalue weighted by atomic mass is 10.0. The Kier molecular flexibility index (Phi) is 6.47. The van der Waals surface area contributed by atoms with Crippen molar-refractivity contribution in [2.75, 3.05) is 32.1 Å². The Bertz CT molecular complexity index is 398. The van der Waals surface area contributed by atoms with Crippen LogP contribution in [0.15, 0.2) is 12.1 Å². The smallest absolute Gasteiger partial charge is 0.147 e. The molecular weight excluding hydrogens is 251 g/mol. The molecule has 3 heteroatoms. The average molecular weight is 280 g/mol. The van der Waals surface area contributed by atoms with Crippen molar-refractivity contribution in [3.63, 3.8) is 0 Å². The standard InChI is InChI=1S/C15H23FN2.C2H6/c1-11-9-12(2)15(14(16)10-11)18-7-5-13(6-8-18)17(3)4;1-2/h9-10,13H,5-8H2,1-4H3;1-2H3. The lowest BCUT2D eigenvalue weighted by Crippen LogP contribution is -2.42. The van der Waals surface area contributed by atoms with Gasteiger partial charge in [0.1, 0.15) is 5.82 Å². The number of hydrogen-bond acceptors (Lipinski definition) is 2. The normalized spacial score (nSPS) is 16.1. The predicted octanol–water partition coefficient (Wildman–Crippen LogP) is 4.00. The number of aryl methyl sites for hydroxylation is 2. The van der Waals surface area contributed by atoms with Gasteiger partial charge in [-0.15, -0.1) is 0 Å². The number of rotatable bonds is 2. The minimum atomic E-state index is -0.0733. The van der Waals surface area contributed by atoms with Crippen LogP contribution >= 0.6 is 0 Å². The van der Waals surface area contributed by atoms with Crippen LogP contribution in [0.1, 0.15) is 37.8 Å². The van der Waals surface area contributed by atoms with E-state index in [0.717, 1.165) is 42.7 Å². The molecule has 1 aromatic carbocycles. The molecule has 2 rings (SSSR count). The maximum atomic E-state index is 14.1. The van der Waals surface area contributed by atoms with Gasteiger partial charge in [-0.05, 0) is 58.0 Å². The highest BCUT2D eigenvalue weighted by atomic mass is 19.1. The number of benzene rings is 1. The fourth-order valence-electron chi connectivity index (χ4n) is 2.91. The molecule has 0 amide bonds. The number of nitrogens with zero attached hydrogens (tertiary/aromatic N) is 2. The summed E-state index contributed by atoms with van der Waals surface area (Å²) in [5, 5.41) is 0. The second-order valence-electron chi connectivity index (χ2n) is 5.59. The van der Waals surface area contributed by atoms with Crippen LogP contribution in [0.25, 0.3) is 0 Å². The van der Waals surface area contributed by atoms with Crippen molar-refractivity contribution in [2.24, 2.45) is 0 Å². The Labute approximate surface area is 123 Å². The zero-order valence-electron chi connectivity index (χ0n) is 13.8. The number of anilines is 1. The van der Waals surface area contributed by atoms with E-state index in [1.54, 1.807) is 6.07 Å². The Balaban J connectivity index is 0.000000956. The first kappa shape index (κ1) is 17.0. The molecule has 0 aromatic heterocycles. The lowest BCUT2D eigenvalue weighted by molar-refractivity contribution is 0.249. The summed E-state index contributed by atoms with van der Waals surface area (Å²) >= 11 is 0. The van der Waals surface area contributed by atoms with Crippen molar-refractivity contribution in [2.45, 2.75) is 46.6 Å². The number of piperidine rings is 1. The quantitative estimate of drug-likeness (QED) is 0.808. The van der Waals surface area contributed by atoms with Crippen molar-refractivity contribution < 1.29 is 4.39 Å².